The zero-order valence-corrected chi connectivity index (χ0v) is 14.9. The van der Waals surface area contributed by atoms with Crippen molar-refractivity contribution in [3.8, 4) is 0 Å². The maximum absolute atomic E-state index is 12.1. The Morgan fingerprint density at radius 2 is 2.08 bits per heavy atom. The van der Waals surface area contributed by atoms with Gasteiger partial charge in [-0.25, -0.2) is 4.98 Å². The molecule has 2 aliphatic rings. The summed E-state index contributed by atoms with van der Waals surface area (Å²) >= 11 is 0. The number of pyridine rings is 1. The number of carbonyl (C=O) groups is 1. The standard InChI is InChI=1S/C20H23N3O3/c1-14-12-17(14)18-5-3-16(26-18)4-7-20(24)22-15-2-6-19(21-13-15)23-8-10-25-11-9-23/h2-7,13-14,17H,8-12H2,1H3,(H,22,24)/b7-4-/t14-,17+/m1/s1. The van der Waals surface area contributed by atoms with Crippen LogP contribution in [-0.4, -0.2) is 37.2 Å². The summed E-state index contributed by atoms with van der Waals surface area (Å²) in [5.41, 5.74) is 0.670. The van der Waals surface area contributed by atoms with Crippen LogP contribution in [0.4, 0.5) is 11.5 Å². The molecular formula is C20H23N3O3. The van der Waals surface area contributed by atoms with Crippen LogP contribution in [0.25, 0.3) is 6.08 Å². The second-order valence-electron chi connectivity index (χ2n) is 6.89. The number of aromatic nitrogens is 1. The third-order valence-electron chi connectivity index (χ3n) is 4.87. The molecule has 2 fully saturated rings. The van der Waals surface area contributed by atoms with Crippen molar-refractivity contribution in [1.29, 1.82) is 0 Å². The van der Waals surface area contributed by atoms with E-state index >= 15 is 0 Å². The fourth-order valence-electron chi connectivity index (χ4n) is 3.16. The minimum absolute atomic E-state index is 0.205. The molecule has 1 aliphatic carbocycles. The number of morpholine rings is 1. The van der Waals surface area contributed by atoms with Gasteiger partial charge in [-0.2, -0.15) is 0 Å². The molecule has 6 heteroatoms. The molecule has 0 radical (unpaired) electrons. The molecule has 0 bridgehead atoms. The summed E-state index contributed by atoms with van der Waals surface area (Å²) in [5.74, 6) is 3.66. The highest BCUT2D eigenvalue weighted by molar-refractivity contribution is 6.01. The van der Waals surface area contributed by atoms with Crippen LogP contribution in [0.3, 0.4) is 0 Å². The summed E-state index contributed by atoms with van der Waals surface area (Å²) in [4.78, 5) is 18.7. The van der Waals surface area contributed by atoms with Gasteiger partial charge in [-0.1, -0.05) is 6.92 Å². The lowest BCUT2D eigenvalue weighted by atomic mass is 10.3. The molecule has 1 N–H and O–H groups in total. The van der Waals surface area contributed by atoms with Crippen molar-refractivity contribution in [3.05, 3.63) is 48.1 Å². The second kappa shape index (κ2) is 7.33. The molecule has 1 aliphatic heterocycles. The Kier molecular flexibility index (Phi) is 4.75. The first-order chi connectivity index (χ1) is 12.7. The van der Waals surface area contributed by atoms with Gasteiger partial charge in [-0.3, -0.25) is 4.79 Å². The lowest BCUT2D eigenvalue weighted by molar-refractivity contribution is -0.111. The number of nitrogens with zero attached hydrogens (tertiary/aromatic N) is 2. The zero-order chi connectivity index (χ0) is 17.9. The van der Waals surface area contributed by atoms with Crippen molar-refractivity contribution >= 4 is 23.5 Å². The van der Waals surface area contributed by atoms with Crippen LogP contribution in [-0.2, 0) is 9.53 Å². The van der Waals surface area contributed by atoms with Gasteiger partial charge < -0.3 is 19.4 Å². The third-order valence-corrected chi connectivity index (χ3v) is 4.87. The minimum atomic E-state index is -0.205. The number of carbonyl (C=O) groups excluding carboxylic acids is 1. The number of anilines is 2. The van der Waals surface area contributed by atoms with E-state index in [4.69, 9.17) is 9.15 Å². The number of hydrogen-bond acceptors (Lipinski definition) is 5. The van der Waals surface area contributed by atoms with E-state index in [1.165, 1.54) is 12.5 Å². The maximum atomic E-state index is 12.1. The first kappa shape index (κ1) is 16.8. The molecule has 26 heavy (non-hydrogen) atoms. The largest absolute Gasteiger partial charge is 0.461 e. The maximum Gasteiger partial charge on any atom is 0.248 e. The predicted molar refractivity (Wildman–Crippen MR) is 100 cm³/mol. The van der Waals surface area contributed by atoms with Crippen molar-refractivity contribution in [2.45, 2.75) is 19.3 Å². The average Bonchev–Trinajstić information content (AvgIpc) is 3.21. The Bertz CT molecular complexity index is 791. The van der Waals surface area contributed by atoms with Crippen molar-refractivity contribution in [2.75, 3.05) is 36.5 Å². The molecule has 0 spiro atoms. The van der Waals surface area contributed by atoms with Crippen molar-refractivity contribution in [1.82, 2.24) is 4.98 Å². The van der Waals surface area contributed by atoms with Crippen LogP contribution in [0.2, 0.25) is 0 Å². The number of ether oxygens (including phenoxy) is 1. The molecule has 1 amide bonds. The molecule has 0 aromatic carbocycles. The van der Waals surface area contributed by atoms with Crippen LogP contribution < -0.4 is 10.2 Å². The van der Waals surface area contributed by atoms with Gasteiger partial charge in [0.2, 0.25) is 5.91 Å². The summed E-state index contributed by atoms with van der Waals surface area (Å²) in [6.07, 6.45) is 6.04. The molecule has 6 nitrogen and oxygen atoms in total. The molecule has 0 unspecified atom stereocenters. The van der Waals surface area contributed by atoms with Gasteiger partial charge in [0.05, 0.1) is 25.1 Å². The summed E-state index contributed by atoms with van der Waals surface area (Å²) in [7, 11) is 0. The van der Waals surface area contributed by atoms with E-state index in [-0.39, 0.29) is 5.91 Å². The van der Waals surface area contributed by atoms with E-state index in [2.05, 4.69) is 22.1 Å². The van der Waals surface area contributed by atoms with E-state index < -0.39 is 0 Å². The predicted octanol–water partition coefficient (Wildman–Crippen LogP) is 3.29. The number of furan rings is 1. The molecule has 136 valence electrons. The van der Waals surface area contributed by atoms with E-state index in [0.29, 0.717) is 23.3 Å². The first-order valence-corrected chi connectivity index (χ1v) is 9.06. The number of rotatable bonds is 5. The minimum Gasteiger partial charge on any atom is -0.461 e. The fraction of sp³-hybridized carbons (Fsp3) is 0.400. The Morgan fingerprint density at radius 1 is 1.27 bits per heavy atom. The number of hydrogen-bond donors (Lipinski definition) is 1. The highest BCUT2D eigenvalue weighted by Crippen LogP contribution is 2.47. The van der Waals surface area contributed by atoms with Crippen LogP contribution in [0.1, 0.15) is 30.8 Å². The van der Waals surface area contributed by atoms with Crippen molar-refractivity contribution < 1.29 is 13.9 Å². The molecule has 1 saturated heterocycles. The van der Waals surface area contributed by atoms with Crippen LogP contribution >= 0.6 is 0 Å². The summed E-state index contributed by atoms with van der Waals surface area (Å²) in [5, 5.41) is 2.82. The molecule has 2 aromatic rings. The average molecular weight is 353 g/mol. The van der Waals surface area contributed by atoms with Gasteiger partial charge >= 0.3 is 0 Å². The zero-order valence-electron chi connectivity index (χ0n) is 14.9. The lowest BCUT2D eigenvalue weighted by Gasteiger charge is -2.27. The van der Waals surface area contributed by atoms with E-state index in [1.54, 1.807) is 12.3 Å². The Hall–Kier alpha value is -2.60. The summed E-state index contributed by atoms with van der Waals surface area (Å²) in [6, 6.07) is 7.69. The molecular weight excluding hydrogens is 330 g/mol. The SMILES string of the molecule is C[C@@H]1C[C@@H]1c1ccc(/C=C\C(=O)Nc2ccc(N3CCOCC3)nc2)o1. The number of nitrogens with one attached hydrogen (secondary N) is 1. The van der Waals surface area contributed by atoms with Gasteiger partial charge in [-0.15, -0.1) is 0 Å². The highest BCUT2D eigenvalue weighted by Gasteiger charge is 2.36. The van der Waals surface area contributed by atoms with E-state index in [0.717, 1.165) is 37.9 Å². The molecule has 2 aromatic heterocycles. The topological polar surface area (TPSA) is 67.6 Å². The van der Waals surface area contributed by atoms with E-state index in [9.17, 15) is 4.79 Å². The van der Waals surface area contributed by atoms with Gasteiger partial charge in [0.1, 0.15) is 17.3 Å². The van der Waals surface area contributed by atoms with Crippen LogP contribution in [0, 0.1) is 5.92 Å². The van der Waals surface area contributed by atoms with E-state index in [1.807, 2.05) is 24.3 Å². The smallest absolute Gasteiger partial charge is 0.248 e. The second-order valence-corrected chi connectivity index (χ2v) is 6.89. The quantitative estimate of drug-likeness (QED) is 0.836. The van der Waals surface area contributed by atoms with Crippen molar-refractivity contribution in [2.24, 2.45) is 5.92 Å². The van der Waals surface area contributed by atoms with Gasteiger partial charge in [0.15, 0.2) is 0 Å². The van der Waals surface area contributed by atoms with Crippen molar-refractivity contribution in [3.63, 3.8) is 0 Å². The highest BCUT2D eigenvalue weighted by atomic mass is 16.5. The van der Waals surface area contributed by atoms with Gasteiger partial charge in [0, 0.05) is 25.1 Å². The Balaban J connectivity index is 1.31. The molecule has 3 heterocycles. The molecule has 2 atom stereocenters. The normalized spacial score (nSPS) is 22.6. The Morgan fingerprint density at radius 3 is 2.77 bits per heavy atom. The third kappa shape index (κ3) is 3.96. The van der Waals surface area contributed by atoms with Gasteiger partial charge in [-0.05, 0) is 42.7 Å². The summed E-state index contributed by atoms with van der Waals surface area (Å²) in [6.45, 7) is 5.34. The van der Waals surface area contributed by atoms with Crippen LogP contribution in [0.15, 0.2) is 41.0 Å². The fourth-order valence-corrected chi connectivity index (χ4v) is 3.16. The monoisotopic (exact) mass is 353 g/mol. The number of amides is 1. The lowest BCUT2D eigenvalue weighted by Crippen LogP contribution is -2.36. The summed E-state index contributed by atoms with van der Waals surface area (Å²) < 4.78 is 11.1. The van der Waals surface area contributed by atoms with Crippen LogP contribution in [0.5, 0.6) is 0 Å². The van der Waals surface area contributed by atoms with Gasteiger partial charge in [0.25, 0.3) is 0 Å². The Labute approximate surface area is 152 Å². The molecule has 4 rings (SSSR count). The first-order valence-electron chi connectivity index (χ1n) is 9.06. The molecule has 1 saturated carbocycles.